The van der Waals surface area contributed by atoms with Gasteiger partial charge in [0.05, 0.1) is 22.8 Å². The second-order valence-corrected chi connectivity index (χ2v) is 19.2. The van der Waals surface area contributed by atoms with Crippen molar-refractivity contribution in [2.24, 2.45) is 5.92 Å². The summed E-state index contributed by atoms with van der Waals surface area (Å²) >= 11 is 0. The van der Waals surface area contributed by atoms with Crippen LogP contribution in [-0.2, 0) is 12.8 Å². The van der Waals surface area contributed by atoms with E-state index in [1.54, 1.807) is 36.4 Å². The molecule has 0 atom stereocenters. The molecule has 0 radical (unpaired) electrons. The molecule has 81 heavy (non-hydrogen) atoms. The first-order chi connectivity index (χ1) is 39.4. The number of ether oxygens (including phenoxy) is 2. The second kappa shape index (κ2) is 35.3. The van der Waals surface area contributed by atoms with E-state index in [-0.39, 0.29) is 17.1 Å². The van der Waals surface area contributed by atoms with Crippen LogP contribution in [0.2, 0.25) is 0 Å². The van der Waals surface area contributed by atoms with E-state index in [4.69, 9.17) is 25.3 Å². The molecule has 11 heteroatoms. The van der Waals surface area contributed by atoms with E-state index >= 15 is 0 Å². The molecule has 422 valence electrons. The lowest BCUT2D eigenvalue weighted by atomic mass is 9.77. The minimum Gasteiger partial charge on any atom is -0.423 e. The molecule has 0 aliphatic heterocycles. The average Bonchev–Trinajstić information content (AvgIpc) is 3.50. The fourth-order valence-corrected chi connectivity index (χ4v) is 9.25. The molecular formula is C70H75F4N3O4. The zero-order valence-corrected chi connectivity index (χ0v) is 47.9. The fraction of sp³-hybridized carbons (Fsp3) is 0.329. The lowest BCUT2D eigenvalue weighted by Crippen LogP contribution is -2.14. The number of nitriles is 3. The van der Waals surface area contributed by atoms with Crippen molar-refractivity contribution in [3.63, 3.8) is 0 Å². The number of halogens is 4. The van der Waals surface area contributed by atoms with Gasteiger partial charge in [0.25, 0.3) is 0 Å². The fourth-order valence-electron chi connectivity index (χ4n) is 9.25. The Kier molecular flexibility index (Phi) is 28.4. The number of benzene rings is 7. The Morgan fingerprint density at radius 2 is 0.827 bits per heavy atom. The normalized spacial score (nSPS) is 13.0. The predicted molar refractivity (Wildman–Crippen MR) is 316 cm³/mol. The van der Waals surface area contributed by atoms with E-state index in [1.807, 2.05) is 64.1 Å². The first kappa shape index (κ1) is 65.2. The highest BCUT2D eigenvalue weighted by Gasteiger charge is 2.23. The van der Waals surface area contributed by atoms with Crippen LogP contribution in [0.1, 0.15) is 186 Å². The maximum atomic E-state index is 13.7. The van der Waals surface area contributed by atoms with E-state index in [0.29, 0.717) is 17.0 Å². The van der Waals surface area contributed by atoms with Crippen molar-refractivity contribution in [3.8, 4) is 52.0 Å². The highest BCUT2D eigenvalue weighted by atomic mass is 19.1. The van der Waals surface area contributed by atoms with Crippen LogP contribution >= 0.6 is 0 Å². The van der Waals surface area contributed by atoms with Crippen molar-refractivity contribution in [3.05, 3.63) is 213 Å². The third kappa shape index (κ3) is 20.4. The van der Waals surface area contributed by atoms with Crippen molar-refractivity contribution >= 4 is 11.9 Å². The number of unbranched alkanes of at least 4 members (excludes halogenated alkanes) is 4. The van der Waals surface area contributed by atoms with Crippen LogP contribution in [0, 0.1) is 63.2 Å². The summed E-state index contributed by atoms with van der Waals surface area (Å²) < 4.78 is 64.3. The van der Waals surface area contributed by atoms with Gasteiger partial charge in [0.2, 0.25) is 0 Å². The molecule has 0 saturated heterocycles. The molecule has 8 rings (SSSR count). The molecule has 1 aliphatic rings. The van der Waals surface area contributed by atoms with Gasteiger partial charge in [-0.2, -0.15) is 15.8 Å². The smallest absolute Gasteiger partial charge is 0.343 e. The summed E-state index contributed by atoms with van der Waals surface area (Å²) in [6.45, 7) is 14.5. The Bertz CT molecular complexity index is 3120. The van der Waals surface area contributed by atoms with Gasteiger partial charge in [-0.3, -0.25) is 0 Å². The van der Waals surface area contributed by atoms with Gasteiger partial charge in [-0.15, -0.1) is 0 Å². The molecular weight excluding hydrogens is 1020 g/mol. The molecule has 7 aromatic carbocycles. The Morgan fingerprint density at radius 1 is 0.457 bits per heavy atom. The van der Waals surface area contributed by atoms with Crippen LogP contribution in [0.5, 0.6) is 11.5 Å². The number of aryl methyl sites for hydroxylation is 2. The summed E-state index contributed by atoms with van der Waals surface area (Å²) in [6, 6.07) is 47.7. The van der Waals surface area contributed by atoms with Gasteiger partial charge in [0.1, 0.15) is 58.0 Å². The van der Waals surface area contributed by atoms with Crippen LogP contribution in [-0.4, -0.2) is 11.9 Å². The molecule has 0 spiro atoms. The molecule has 1 fully saturated rings. The molecule has 0 aromatic heterocycles. The van der Waals surface area contributed by atoms with E-state index in [0.717, 1.165) is 54.2 Å². The summed E-state index contributed by atoms with van der Waals surface area (Å²) in [6.07, 6.45) is 17.0. The Balaban J connectivity index is 0.000000256. The first-order valence-electron chi connectivity index (χ1n) is 28.5. The minimum absolute atomic E-state index is 0.264. The largest absolute Gasteiger partial charge is 0.423 e. The van der Waals surface area contributed by atoms with Gasteiger partial charge in [-0.05, 0) is 132 Å². The van der Waals surface area contributed by atoms with Crippen LogP contribution < -0.4 is 9.47 Å². The first-order valence-corrected chi connectivity index (χ1v) is 28.5. The van der Waals surface area contributed by atoms with Gasteiger partial charge in [0.15, 0.2) is 0 Å². The SMILES string of the molecule is CC.CC.CCCCCC1CCC(c2ccc(C(=O)Oc3cc(F)c(C#N)c(F)c3)cc2)CC1.CCCCCc1ccc(-c2ccc(-c3ccc(C#N)cc3)cc2)cc1.CCCc1ccc(C(=O)Oc2cc(F)c(C#N)c(F)c2)cc1. The van der Waals surface area contributed by atoms with Gasteiger partial charge in [0, 0.05) is 24.3 Å². The molecule has 7 nitrogen and oxygen atoms in total. The maximum absolute atomic E-state index is 13.7. The van der Waals surface area contributed by atoms with Crippen LogP contribution in [0.3, 0.4) is 0 Å². The molecule has 0 amide bonds. The summed E-state index contributed by atoms with van der Waals surface area (Å²) in [5.74, 6) is -4.84. The zero-order valence-electron chi connectivity index (χ0n) is 47.9. The van der Waals surface area contributed by atoms with Crippen molar-refractivity contribution in [2.45, 2.75) is 144 Å². The van der Waals surface area contributed by atoms with Crippen molar-refractivity contribution < 1.29 is 36.6 Å². The molecule has 1 aliphatic carbocycles. The van der Waals surface area contributed by atoms with E-state index in [1.165, 1.54) is 117 Å². The molecule has 0 N–H and O–H groups in total. The number of carbonyl (C=O) groups is 2. The number of rotatable bonds is 17. The number of hydrogen-bond donors (Lipinski definition) is 0. The molecule has 7 aromatic rings. The number of esters is 2. The lowest BCUT2D eigenvalue weighted by Gasteiger charge is -2.29. The van der Waals surface area contributed by atoms with Crippen LogP contribution in [0.15, 0.2) is 146 Å². The van der Waals surface area contributed by atoms with E-state index < -0.39 is 46.3 Å². The van der Waals surface area contributed by atoms with E-state index in [9.17, 15) is 27.2 Å². The summed E-state index contributed by atoms with van der Waals surface area (Å²) in [5.41, 5.74) is 8.42. The second-order valence-electron chi connectivity index (χ2n) is 19.2. The highest BCUT2D eigenvalue weighted by molar-refractivity contribution is 5.91. The van der Waals surface area contributed by atoms with Crippen molar-refractivity contribution in [1.29, 1.82) is 15.8 Å². The van der Waals surface area contributed by atoms with E-state index in [2.05, 4.69) is 75.4 Å². The molecule has 0 heterocycles. The summed E-state index contributed by atoms with van der Waals surface area (Å²) in [7, 11) is 0. The molecule has 0 unspecified atom stereocenters. The van der Waals surface area contributed by atoms with Gasteiger partial charge < -0.3 is 9.47 Å². The monoisotopic (exact) mass is 1100 g/mol. The number of hydrogen-bond acceptors (Lipinski definition) is 7. The lowest BCUT2D eigenvalue weighted by molar-refractivity contribution is 0.0724. The number of carbonyl (C=O) groups excluding carboxylic acids is 2. The minimum atomic E-state index is -1.07. The topological polar surface area (TPSA) is 124 Å². The Hall–Kier alpha value is -8.33. The van der Waals surface area contributed by atoms with Crippen LogP contribution in [0.25, 0.3) is 22.3 Å². The molecule has 0 bridgehead atoms. The predicted octanol–water partition coefficient (Wildman–Crippen LogP) is 19.6. The third-order valence-electron chi connectivity index (χ3n) is 13.7. The highest BCUT2D eigenvalue weighted by Crippen LogP contribution is 2.38. The van der Waals surface area contributed by atoms with Gasteiger partial charge >= 0.3 is 11.9 Å². The van der Waals surface area contributed by atoms with Gasteiger partial charge in [-0.1, -0.05) is 178 Å². The molecule has 1 saturated carbocycles. The summed E-state index contributed by atoms with van der Waals surface area (Å²) in [4.78, 5) is 24.2. The summed E-state index contributed by atoms with van der Waals surface area (Å²) in [5, 5.41) is 26.2. The Labute approximate surface area is 477 Å². The standard InChI is InChI=1S/C25H27F2NO2.C24H23N.C17H13F2NO2.2C2H6/c1-2-3-4-5-17-6-8-18(9-7-17)19-10-12-20(13-11-19)25(29)30-21-14-23(26)22(16-28)24(27)15-21;1-2-3-4-5-19-6-10-21(11-7-19)23-14-16-24(17-15-23)22-12-8-20(18-25)9-13-22;1-2-3-11-4-6-12(7-5-11)17(21)22-13-8-15(18)14(10-20)16(19)9-13;2*1-2/h10-15,17-18H,2-9H2,1H3;6-17H,2-5H2,1H3;4-9H,2-3H2,1H3;2*1-2H3. The Morgan fingerprint density at radius 3 is 1.22 bits per heavy atom. The van der Waals surface area contributed by atoms with Crippen LogP contribution in [0.4, 0.5) is 17.6 Å². The van der Waals surface area contributed by atoms with Gasteiger partial charge in [-0.25, -0.2) is 27.2 Å². The zero-order chi connectivity index (χ0) is 59.1. The quantitative estimate of drug-likeness (QED) is 0.0385. The van der Waals surface area contributed by atoms with Crippen molar-refractivity contribution in [1.82, 2.24) is 0 Å². The average molecular weight is 1100 g/mol. The maximum Gasteiger partial charge on any atom is 0.343 e. The number of nitrogens with zero attached hydrogens (tertiary/aromatic N) is 3. The van der Waals surface area contributed by atoms with Crippen molar-refractivity contribution in [2.75, 3.05) is 0 Å². The third-order valence-corrected chi connectivity index (χ3v) is 13.7.